The van der Waals surface area contributed by atoms with E-state index in [1.54, 1.807) is 6.07 Å². The van der Waals surface area contributed by atoms with E-state index in [2.05, 4.69) is 5.32 Å². The van der Waals surface area contributed by atoms with Gasteiger partial charge in [-0.3, -0.25) is 0 Å². The summed E-state index contributed by atoms with van der Waals surface area (Å²) in [7, 11) is 0. The van der Waals surface area contributed by atoms with Crippen molar-refractivity contribution in [2.45, 2.75) is 19.4 Å². The summed E-state index contributed by atoms with van der Waals surface area (Å²) in [4.78, 5) is 0. The first-order chi connectivity index (χ1) is 8.47. The third-order valence-corrected chi connectivity index (χ3v) is 3.60. The fourth-order valence-electron chi connectivity index (χ4n) is 2.03. The lowest BCUT2D eigenvalue weighted by molar-refractivity contribution is -0.136. The molecule has 0 aromatic heterocycles. The highest BCUT2D eigenvalue weighted by molar-refractivity contribution is 5.23. The summed E-state index contributed by atoms with van der Waals surface area (Å²) in [6.07, 6.45) is 0. The molecule has 1 fully saturated rings. The van der Waals surface area contributed by atoms with Crippen LogP contribution in [0.2, 0.25) is 0 Å². The lowest BCUT2D eigenvalue weighted by Crippen LogP contribution is -2.55. The fourth-order valence-corrected chi connectivity index (χ4v) is 2.03. The molecule has 0 aliphatic carbocycles. The number of rotatable bonds is 5. The van der Waals surface area contributed by atoms with Crippen molar-refractivity contribution in [2.24, 2.45) is 5.41 Å². The summed E-state index contributed by atoms with van der Waals surface area (Å²) in [6, 6.07) is 6.59. The molecule has 1 heterocycles. The zero-order valence-corrected chi connectivity index (χ0v) is 10.9. The number of hydrogen-bond donors (Lipinski definition) is 2. The summed E-state index contributed by atoms with van der Waals surface area (Å²) in [5.74, 6) is -0.230. The van der Waals surface area contributed by atoms with Gasteiger partial charge in [0.15, 0.2) is 0 Å². The average molecular weight is 253 g/mol. The summed E-state index contributed by atoms with van der Waals surface area (Å²) in [5, 5.41) is 12.8. The van der Waals surface area contributed by atoms with Crippen LogP contribution < -0.4 is 5.32 Å². The van der Waals surface area contributed by atoms with Crippen molar-refractivity contribution in [3.63, 3.8) is 0 Å². The van der Waals surface area contributed by atoms with Gasteiger partial charge in [-0.2, -0.15) is 0 Å². The Kier molecular flexibility index (Phi) is 3.71. The van der Waals surface area contributed by atoms with Crippen LogP contribution in [0.25, 0.3) is 0 Å². The Balaban J connectivity index is 2.03. The van der Waals surface area contributed by atoms with Gasteiger partial charge < -0.3 is 15.2 Å². The van der Waals surface area contributed by atoms with E-state index in [9.17, 15) is 9.50 Å². The van der Waals surface area contributed by atoms with Crippen molar-refractivity contribution in [3.8, 4) is 0 Å². The van der Waals surface area contributed by atoms with Crippen molar-refractivity contribution in [2.75, 3.05) is 26.4 Å². The summed E-state index contributed by atoms with van der Waals surface area (Å²) in [5.41, 5.74) is 0.389. The smallest absolute Gasteiger partial charge is 0.123 e. The highest BCUT2D eigenvalue weighted by Crippen LogP contribution is 2.28. The molecule has 1 saturated heterocycles. The van der Waals surface area contributed by atoms with Gasteiger partial charge in [-0.25, -0.2) is 4.39 Å². The lowest BCUT2D eigenvalue weighted by Gasteiger charge is -2.42. The maximum Gasteiger partial charge on any atom is 0.123 e. The second-order valence-electron chi connectivity index (χ2n) is 5.64. The number of ether oxygens (including phenoxy) is 1. The first-order valence-corrected chi connectivity index (χ1v) is 6.17. The molecule has 1 aliphatic rings. The zero-order valence-electron chi connectivity index (χ0n) is 10.9. The molecule has 0 atom stereocenters. The van der Waals surface area contributed by atoms with Crippen LogP contribution in [-0.4, -0.2) is 31.5 Å². The predicted molar refractivity (Wildman–Crippen MR) is 67.8 cm³/mol. The predicted octanol–water partition coefficient (Wildman–Crippen LogP) is 1.66. The minimum absolute atomic E-state index is 0.110. The van der Waals surface area contributed by atoms with Gasteiger partial charge in [0.05, 0.1) is 25.2 Å². The number of nitrogens with one attached hydrogen (secondary N) is 1. The quantitative estimate of drug-likeness (QED) is 0.838. The van der Waals surface area contributed by atoms with Crippen LogP contribution in [0.1, 0.15) is 19.4 Å². The highest BCUT2D eigenvalue weighted by Gasteiger charge is 2.39. The first kappa shape index (κ1) is 13.5. The molecule has 1 aromatic carbocycles. The van der Waals surface area contributed by atoms with Gasteiger partial charge in [-0.15, -0.1) is 0 Å². The zero-order chi connectivity index (χ0) is 13.2. The van der Waals surface area contributed by atoms with E-state index in [0.29, 0.717) is 19.8 Å². The maximum atomic E-state index is 13.2. The molecule has 0 amide bonds. The van der Waals surface area contributed by atoms with Crippen LogP contribution in [0.15, 0.2) is 24.3 Å². The molecular weight excluding hydrogens is 233 g/mol. The molecule has 0 unspecified atom stereocenters. The van der Waals surface area contributed by atoms with Gasteiger partial charge in [0.1, 0.15) is 5.82 Å². The van der Waals surface area contributed by atoms with Crippen molar-refractivity contribution >= 4 is 0 Å². The third kappa shape index (κ3) is 2.71. The minimum atomic E-state index is -0.333. The Hall–Kier alpha value is -0.970. The molecule has 0 bridgehead atoms. The SMILES string of the molecule is CC(C)(NCC1(CO)COC1)c1cccc(F)c1. The Morgan fingerprint density at radius 3 is 2.67 bits per heavy atom. The second-order valence-corrected chi connectivity index (χ2v) is 5.64. The molecule has 0 spiro atoms. The monoisotopic (exact) mass is 253 g/mol. The van der Waals surface area contributed by atoms with Crippen molar-refractivity contribution in [1.29, 1.82) is 0 Å². The van der Waals surface area contributed by atoms with Gasteiger partial charge in [0.25, 0.3) is 0 Å². The number of aliphatic hydroxyl groups excluding tert-OH is 1. The van der Waals surface area contributed by atoms with Crippen LogP contribution >= 0.6 is 0 Å². The molecule has 2 N–H and O–H groups in total. The summed E-state index contributed by atoms with van der Waals surface area (Å²) in [6.45, 7) is 5.94. The van der Waals surface area contributed by atoms with Gasteiger partial charge >= 0.3 is 0 Å². The summed E-state index contributed by atoms with van der Waals surface area (Å²) < 4.78 is 18.4. The first-order valence-electron chi connectivity index (χ1n) is 6.17. The van der Waals surface area contributed by atoms with Crippen LogP contribution in [0, 0.1) is 11.2 Å². The minimum Gasteiger partial charge on any atom is -0.396 e. The van der Waals surface area contributed by atoms with Gasteiger partial charge in [-0.05, 0) is 31.5 Å². The van der Waals surface area contributed by atoms with Crippen LogP contribution in [0.4, 0.5) is 4.39 Å². The molecule has 0 radical (unpaired) electrons. The Labute approximate surface area is 107 Å². The Morgan fingerprint density at radius 2 is 2.17 bits per heavy atom. The maximum absolute atomic E-state index is 13.2. The van der Waals surface area contributed by atoms with Crippen LogP contribution in [0.3, 0.4) is 0 Å². The van der Waals surface area contributed by atoms with Crippen molar-refractivity contribution in [3.05, 3.63) is 35.6 Å². The number of aliphatic hydroxyl groups is 1. The Bertz CT molecular complexity index is 411. The topological polar surface area (TPSA) is 41.5 Å². The number of halogens is 1. The Morgan fingerprint density at radius 1 is 1.44 bits per heavy atom. The van der Waals surface area contributed by atoms with Gasteiger partial charge in [0.2, 0.25) is 0 Å². The molecule has 3 nitrogen and oxygen atoms in total. The standard InChI is InChI=1S/C14H20FNO2/c1-13(2,11-4-3-5-12(15)6-11)16-7-14(8-17)9-18-10-14/h3-6,16-17H,7-10H2,1-2H3. The number of hydrogen-bond acceptors (Lipinski definition) is 3. The number of benzene rings is 1. The molecular formula is C14H20FNO2. The van der Waals surface area contributed by atoms with E-state index in [0.717, 1.165) is 5.56 Å². The molecule has 0 saturated carbocycles. The molecule has 1 aromatic rings. The highest BCUT2D eigenvalue weighted by atomic mass is 19.1. The van der Waals surface area contributed by atoms with Crippen molar-refractivity contribution in [1.82, 2.24) is 5.32 Å². The molecule has 4 heteroatoms. The van der Waals surface area contributed by atoms with Gasteiger partial charge in [0, 0.05) is 12.1 Å². The van der Waals surface area contributed by atoms with Crippen LogP contribution in [0.5, 0.6) is 0 Å². The molecule has 100 valence electrons. The lowest BCUT2D eigenvalue weighted by atomic mass is 9.85. The van der Waals surface area contributed by atoms with Gasteiger partial charge in [-0.1, -0.05) is 12.1 Å². The second kappa shape index (κ2) is 4.96. The third-order valence-electron chi connectivity index (χ3n) is 3.60. The van der Waals surface area contributed by atoms with Crippen LogP contribution in [-0.2, 0) is 10.3 Å². The molecule has 1 aliphatic heterocycles. The normalized spacial score (nSPS) is 18.4. The van der Waals surface area contributed by atoms with E-state index < -0.39 is 0 Å². The largest absolute Gasteiger partial charge is 0.396 e. The fraction of sp³-hybridized carbons (Fsp3) is 0.571. The van der Waals surface area contributed by atoms with E-state index in [4.69, 9.17) is 4.74 Å². The molecule has 18 heavy (non-hydrogen) atoms. The average Bonchev–Trinajstić information content (AvgIpc) is 2.28. The van der Waals surface area contributed by atoms with Crippen molar-refractivity contribution < 1.29 is 14.2 Å². The van der Waals surface area contributed by atoms with E-state index >= 15 is 0 Å². The van der Waals surface area contributed by atoms with E-state index in [1.807, 2.05) is 19.9 Å². The molecule has 2 rings (SSSR count). The summed E-state index contributed by atoms with van der Waals surface area (Å²) >= 11 is 0. The van der Waals surface area contributed by atoms with E-state index in [-0.39, 0.29) is 23.4 Å². The van der Waals surface area contributed by atoms with E-state index in [1.165, 1.54) is 12.1 Å².